The third-order valence-corrected chi connectivity index (χ3v) is 15.8. The SMILES string of the molecule is CC1CCN(c2nc3c(cc2C(=O)NS(=O)(=O)c2nccnc2Cl)CCCC3(C)C)CC1.CC1CCN(c2nc3c(cc2C(=O)NS(=O)(=O)c2nccnc2N)CCCC3(C)C)CC1. The molecule has 2 amide bonds. The van der Waals surface area contributed by atoms with Crippen LogP contribution in [0.1, 0.15) is 136 Å². The number of rotatable bonds is 8. The van der Waals surface area contributed by atoms with Gasteiger partial charge in [-0.25, -0.2) is 39.3 Å². The lowest BCUT2D eigenvalue weighted by Gasteiger charge is -2.36. The second-order valence-corrected chi connectivity index (χ2v) is 22.4. The molecule has 4 N–H and O–H groups in total. The molecule has 0 aromatic carbocycles. The average Bonchev–Trinajstić information content (AvgIpc) is 3.23. The van der Waals surface area contributed by atoms with Gasteiger partial charge in [-0.3, -0.25) is 9.59 Å². The van der Waals surface area contributed by atoms with E-state index in [4.69, 9.17) is 27.3 Å². The number of hydrogen-bond donors (Lipinski definition) is 3. The van der Waals surface area contributed by atoms with Crippen LogP contribution in [0, 0.1) is 11.8 Å². The van der Waals surface area contributed by atoms with Crippen molar-refractivity contribution in [1.29, 1.82) is 0 Å². The quantitative estimate of drug-likeness (QED) is 0.186. The smallest absolute Gasteiger partial charge is 0.285 e. The van der Waals surface area contributed by atoms with Crippen molar-refractivity contribution in [1.82, 2.24) is 39.3 Å². The summed E-state index contributed by atoms with van der Waals surface area (Å²) >= 11 is 5.91. The molecular weight excluding hydrogens is 878 g/mol. The molecule has 17 nitrogen and oxygen atoms in total. The van der Waals surface area contributed by atoms with Gasteiger partial charge in [0.05, 0.1) is 22.5 Å². The van der Waals surface area contributed by atoms with Gasteiger partial charge in [0, 0.05) is 61.8 Å². The zero-order chi connectivity index (χ0) is 46.2. The van der Waals surface area contributed by atoms with Gasteiger partial charge < -0.3 is 15.5 Å². The standard InChI is InChI=1S/C22H28ClN5O3S.C22H30N6O3S/c2*1-14-6-11-28(12-7-14)19-16(13-15-5-4-8-22(2,3)17(15)26-19)20(29)27-32(30,31)21-18(23)24-9-10-25-21/h9-10,13-14H,4-8,11-12H2,1-3H3,(H,27,29);9-10,13-14H,4-8,11-12H2,1-3H3,(H2,23,24)(H,27,29). The second-order valence-electron chi connectivity index (χ2n) is 18.8. The number of aromatic nitrogens is 6. The molecule has 344 valence electrons. The summed E-state index contributed by atoms with van der Waals surface area (Å²) in [7, 11) is -8.57. The van der Waals surface area contributed by atoms with E-state index in [9.17, 15) is 26.4 Å². The molecule has 2 saturated heterocycles. The highest BCUT2D eigenvalue weighted by Crippen LogP contribution is 2.40. The normalized spacial score (nSPS) is 18.8. The first-order valence-corrected chi connectivity index (χ1v) is 25.3. The maximum atomic E-state index is 13.3. The number of amides is 2. The van der Waals surface area contributed by atoms with Gasteiger partial charge in [-0.15, -0.1) is 0 Å². The number of aryl methyl sites for hydroxylation is 2. The molecule has 8 rings (SSSR count). The summed E-state index contributed by atoms with van der Waals surface area (Å²) in [6.45, 7) is 16.2. The number of piperidine rings is 2. The molecule has 0 spiro atoms. The first-order valence-electron chi connectivity index (χ1n) is 21.9. The van der Waals surface area contributed by atoms with E-state index < -0.39 is 41.9 Å². The Morgan fingerprint density at radius 1 is 0.656 bits per heavy atom. The van der Waals surface area contributed by atoms with Gasteiger partial charge in [-0.1, -0.05) is 53.1 Å². The number of nitrogen functional groups attached to an aromatic ring is 1. The lowest BCUT2D eigenvalue weighted by molar-refractivity contribution is 0.0972. The highest BCUT2D eigenvalue weighted by Gasteiger charge is 2.36. The van der Waals surface area contributed by atoms with Gasteiger partial charge in [0.1, 0.15) is 11.6 Å². The van der Waals surface area contributed by atoms with E-state index in [1.807, 2.05) is 12.1 Å². The van der Waals surface area contributed by atoms with Crippen molar-refractivity contribution in [2.24, 2.45) is 11.8 Å². The summed E-state index contributed by atoms with van der Waals surface area (Å²) in [4.78, 5) is 55.8. The van der Waals surface area contributed by atoms with E-state index in [0.29, 0.717) is 23.5 Å². The zero-order valence-corrected chi connectivity index (χ0v) is 39.7. The Labute approximate surface area is 380 Å². The maximum Gasteiger partial charge on any atom is 0.285 e. The van der Waals surface area contributed by atoms with Crippen LogP contribution in [-0.2, 0) is 43.7 Å². The molecule has 0 atom stereocenters. The van der Waals surface area contributed by atoms with Crippen LogP contribution in [0.25, 0.3) is 0 Å². The molecule has 4 aliphatic rings. The Balaban J connectivity index is 0.000000191. The van der Waals surface area contributed by atoms with E-state index in [0.717, 1.165) is 113 Å². The molecule has 64 heavy (non-hydrogen) atoms. The molecular formula is C44H58ClN11O6S2. The van der Waals surface area contributed by atoms with Crippen molar-refractivity contribution in [3.05, 3.63) is 75.7 Å². The minimum absolute atomic E-state index is 0.0967. The summed E-state index contributed by atoms with van der Waals surface area (Å²) in [5.74, 6) is 0.577. The molecule has 20 heteroatoms. The van der Waals surface area contributed by atoms with Crippen LogP contribution in [-0.4, -0.2) is 84.7 Å². The number of halogens is 1. The van der Waals surface area contributed by atoms with Crippen LogP contribution in [0.2, 0.25) is 5.15 Å². The van der Waals surface area contributed by atoms with E-state index >= 15 is 0 Å². The van der Waals surface area contributed by atoms with Crippen molar-refractivity contribution in [3.63, 3.8) is 0 Å². The molecule has 0 unspecified atom stereocenters. The number of nitrogens with two attached hydrogens (primary N) is 1. The van der Waals surface area contributed by atoms with Crippen molar-refractivity contribution >= 4 is 60.9 Å². The fourth-order valence-electron chi connectivity index (χ4n) is 9.06. The Bertz CT molecular complexity index is 2470. The van der Waals surface area contributed by atoms with Gasteiger partial charge in [0.2, 0.25) is 10.1 Å². The highest BCUT2D eigenvalue weighted by atomic mass is 35.5. The number of anilines is 3. The predicted octanol–water partition coefficient (Wildman–Crippen LogP) is 5.92. The number of pyridine rings is 2. The molecule has 4 aromatic heterocycles. The number of carbonyl (C=O) groups is 2. The number of hydrogen-bond acceptors (Lipinski definition) is 15. The van der Waals surface area contributed by atoms with Crippen LogP contribution in [0.4, 0.5) is 17.5 Å². The van der Waals surface area contributed by atoms with Gasteiger partial charge >= 0.3 is 0 Å². The summed E-state index contributed by atoms with van der Waals surface area (Å²) in [6, 6.07) is 3.64. The van der Waals surface area contributed by atoms with Crippen molar-refractivity contribution in [2.75, 3.05) is 41.7 Å². The molecule has 4 aromatic rings. The minimum Gasteiger partial charge on any atom is -0.381 e. The second kappa shape index (κ2) is 18.5. The Morgan fingerprint density at radius 3 is 1.47 bits per heavy atom. The minimum atomic E-state index is -4.29. The molecule has 0 saturated carbocycles. The predicted molar refractivity (Wildman–Crippen MR) is 244 cm³/mol. The van der Waals surface area contributed by atoms with Crippen LogP contribution in [0.3, 0.4) is 0 Å². The summed E-state index contributed by atoms with van der Waals surface area (Å²) in [5.41, 5.74) is 9.99. The first kappa shape index (κ1) is 47.0. The monoisotopic (exact) mass is 935 g/mol. The molecule has 2 aliphatic heterocycles. The fourth-order valence-corrected chi connectivity index (χ4v) is 11.4. The number of nitrogens with one attached hydrogen (secondary N) is 2. The summed E-state index contributed by atoms with van der Waals surface area (Å²) in [5, 5.41) is -1.23. The van der Waals surface area contributed by atoms with Gasteiger partial charge in [-0.05, 0) is 99.3 Å². The molecule has 2 fully saturated rings. The Morgan fingerprint density at radius 2 is 1.05 bits per heavy atom. The lowest BCUT2D eigenvalue weighted by atomic mass is 9.75. The van der Waals surface area contributed by atoms with E-state index in [1.54, 1.807) is 0 Å². The number of carbonyl (C=O) groups excluding carboxylic acids is 2. The average molecular weight is 937 g/mol. The topological polar surface area (TPSA) is 236 Å². The van der Waals surface area contributed by atoms with Crippen molar-refractivity contribution in [2.45, 2.75) is 127 Å². The van der Waals surface area contributed by atoms with Crippen LogP contribution < -0.4 is 25.0 Å². The Hall–Kier alpha value is -5.01. The molecule has 6 heterocycles. The largest absolute Gasteiger partial charge is 0.381 e. The van der Waals surface area contributed by atoms with Crippen LogP contribution >= 0.6 is 11.6 Å². The third-order valence-electron chi connectivity index (χ3n) is 12.9. The molecule has 0 radical (unpaired) electrons. The fraction of sp³-hybridized carbons (Fsp3) is 0.545. The Kier molecular flexibility index (Phi) is 13.6. The number of nitrogens with zero attached hydrogens (tertiary/aromatic N) is 8. The van der Waals surface area contributed by atoms with Crippen LogP contribution in [0.5, 0.6) is 0 Å². The third kappa shape index (κ3) is 10.1. The zero-order valence-electron chi connectivity index (χ0n) is 37.3. The van der Waals surface area contributed by atoms with Gasteiger partial charge in [-0.2, -0.15) is 16.8 Å². The maximum absolute atomic E-state index is 13.3. The first-order chi connectivity index (χ1) is 30.2. The number of fused-ring (bicyclic) bond motifs is 2. The van der Waals surface area contributed by atoms with E-state index in [1.165, 1.54) is 24.8 Å². The summed E-state index contributed by atoms with van der Waals surface area (Å²) in [6.07, 6.45) is 14.7. The lowest BCUT2D eigenvalue weighted by Crippen LogP contribution is -2.38. The van der Waals surface area contributed by atoms with Crippen molar-refractivity contribution < 1.29 is 26.4 Å². The molecule has 0 bridgehead atoms. The van der Waals surface area contributed by atoms with E-state index in [2.05, 4.69) is 80.7 Å². The van der Waals surface area contributed by atoms with Crippen LogP contribution in [0.15, 0.2) is 47.0 Å². The molecule has 2 aliphatic carbocycles. The summed E-state index contributed by atoms with van der Waals surface area (Å²) < 4.78 is 55.5. The number of sulfonamides is 2. The van der Waals surface area contributed by atoms with Crippen molar-refractivity contribution in [3.8, 4) is 0 Å². The van der Waals surface area contributed by atoms with E-state index in [-0.39, 0.29) is 32.9 Å². The highest BCUT2D eigenvalue weighted by molar-refractivity contribution is 7.90. The van der Waals surface area contributed by atoms with Gasteiger partial charge in [0.15, 0.2) is 11.0 Å². The van der Waals surface area contributed by atoms with Gasteiger partial charge in [0.25, 0.3) is 31.9 Å².